The molecule has 0 radical (unpaired) electrons. The van der Waals surface area contributed by atoms with Crippen molar-refractivity contribution in [3.05, 3.63) is 33.8 Å². The molecule has 1 saturated carbocycles. The molecule has 0 amide bonds. The van der Waals surface area contributed by atoms with Crippen molar-refractivity contribution < 1.29 is 5.11 Å². The zero-order chi connectivity index (χ0) is 14.0. The Bertz CT molecular complexity index is 444. The van der Waals surface area contributed by atoms with E-state index < -0.39 is 5.60 Å². The van der Waals surface area contributed by atoms with Crippen molar-refractivity contribution in [1.82, 2.24) is 0 Å². The van der Waals surface area contributed by atoms with Crippen LogP contribution in [0.25, 0.3) is 0 Å². The highest BCUT2D eigenvalue weighted by Gasteiger charge is 2.35. The van der Waals surface area contributed by atoms with Crippen LogP contribution in [0.3, 0.4) is 0 Å². The first-order chi connectivity index (χ1) is 8.89. The summed E-state index contributed by atoms with van der Waals surface area (Å²) < 4.78 is 0. The van der Waals surface area contributed by atoms with Gasteiger partial charge in [0.25, 0.3) is 0 Å². The van der Waals surface area contributed by atoms with E-state index in [9.17, 15) is 5.11 Å². The molecule has 0 aliphatic heterocycles. The maximum Gasteiger partial charge on any atom is 0.0691 e. The second kappa shape index (κ2) is 6.03. The van der Waals surface area contributed by atoms with Crippen LogP contribution in [0.2, 0.25) is 10.0 Å². The predicted octanol–water partition coefficient (Wildman–Crippen LogP) is 5.11. The van der Waals surface area contributed by atoms with Gasteiger partial charge in [0.15, 0.2) is 0 Å². The van der Waals surface area contributed by atoms with Crippen LogP contribution >= 0.6 is 23.2 Å². The lowest BCUT2D eigenvalue weighted by Gasteiger charge is -2.39. The van der Waals surface area contributed by atoms with E-state index in [4.69, 9.17) is 23.2 Å². The van der Waals surface area contributed by atoms with E-state index in [1.54, 1.807) is 6.07 Å². The zero-order valence-corrected chi connectivity index (χ0v) is 13.1. The van der Waals surface area contributed by atoms with Crippen molar-refractivity contribution in [2.24, 2.45) is 11.8 Å². The maximum atomic E-state index is 10.9. The van der Waals surface area contributed by atoms with E-state index in [1.807, 2.05) is 12.1 Å². The minimum Gasteiger partial charge on any atom is -0.390 e. The molecule has 1 nitrogen and oxygen atoms in total. The summed E-state index contributed by atoms with van der Waals surface area (Å²) in [5.74, 6) is 1.23. The molecule has 3 heteroatoms. The van der Waals surface area contributed by atoms with Gasteiger partial charge in [0, 0.05) is 16.5 Å². The molecule has 1 N–H and O–H groups in total. The Morgan fingerprint density at radius 2 is 2.11 bits per heavy atom. The number of rotatable bonds is 3. The van der Waals surface area contributed by atoms with Crippen molar-refractivity contribution in [3.8, 4) is 0 Å². The maximum absolute atomic E-state index is 10.9. The molecule has 1 aromatic carbocycles. The largest absolute Gasteiger partial charge is 0.390 e. The second-order valence-electron chi connectivity index (χ2n) is 6.24. The van der Waals surface area contributed by atoms with Gasteiger partial charge in [0.1, 0.15) is 0 Å². The summed E-state index contributed by atoms with van der Waals surface area (Å²) in [6, 6.07) is 5.47. The van der Waals surface area contributed by atoms with Crippen LogP contribution < -0.4 is 0 Å². The summed E-state index contributed by atoms with van der Waals surface area (Å²) in [4.78, 5) is 0. The fraction of sp³-hybridized carbons (Fsp3) is 0.625. The second-order valence-corrected chi connectivity index (χ2v) is 7.08. The van der Waals surface area contributed by atoms with Crippen LogP contribution in [0.15, 0.2) is 18.2 Å². The van der Waals surface area contributed by atoms with Gasteiger partial charge >= 0.3 is 0 Å². The lowest BCUT2D eigenvalue weighted by molar-refractivity contribution is -0.0239. The van der Waals surface area contributed by atoms with Gasteiger partial charge in [-0.1, -0.05) is 43.5 Å². The van der Waals surface area contributed by atoms with E-state index >= 15 is 0 Å². The Kier molecular flexibility index (Phi) is 4.81. The van der Waals surface area contributed by atoms with Crippen molar-refractivity contribution >= 4 is 23.2 Å². The van der Waals surface area contributed by atoms with Crippen molar-refractivity contribution in [2.75, 3.05) is 0 Å². The van der Waals surface area contributed by atoms with Crippen molar-refractivity contribution in [1.29, 1.82) is 0 Å². The Hall–Kier alpha value is -0.240. The van der Waals surface area contributed by atoms with Crippen LogP contribution in [0.1, 0.15) is 45.1 Å². The van der Waals surface area contributed by atoms with Gasteiger partial charge in [-0.3, -0.25) is 0 Å². The van der Waals surface area contributed by atoms with Crippen LogP contribution in [0.5, 0.6) is 0 Å². The van der Waals surface area contributed by atoms with Crippen LogP contribution in [-0.2, 0) is 6.42 Å². The monoisotopic (exact) mass is 300 g/mol. The molecule has 106 valence electrons. The molecule has 2 unspecified atom stereocenters. The van der Waals surface area contributed by atoms with E-state index in [0.29, 0.717) is 28.3 Å². The summed E-state index contributed by atoms with van der Waals surface area (Å²) in [6.07, 6.45) is 4.66. The third-order valence-corrected chi connectivity index (χ3v) is 4.93. The lowest BCUT2D eigenvalue weighted by atomic mass is 9.71. The smallest absolute Gasteiger partial charge is 0.0691 e. The van der Waals surface area contributed by atoms with Gasteiger partial charge in [-0.15, -0.1) is 0 Å². The molecular weight excluding hydrogens is 279 g/mol. The minimum absolute atomic E-state index is 0.607. The third-order valence-electron chi connectivity index (χ3n) is 4.33. The molecule has 0 spiro atoms. The Balaban J connectivity index is 2.14. The van der Waals surface area contributed by atoms with Gasteiger partial charge < -0.3 is 5.11 Å². The summed E-state index contributed by atoms with van der Waals surface area (Å²) in [5, 5.41) is 12.2. The fourth-order valence-corrected chi connectivity index (χ4v) is 3.53. The fourth-order valence-electron chi connectivity index (χ4n) is 3.15. The van der Waals surface area contributed by atoms with Gasteiger partial charge in [0.05, 0.1) is 5.60 Å². The summed E-state index contributed by atoms with van der Waals surface area (Å²) in [5.41, 5.74) is 0.336. The van der Waals surface area contributed by atoms with E-state index in [-0.39, 0.29) is 0 Å². The molecular formula is C16H22Cl2O. The molecule has 19 heavy (non-hydrogen) atoms. The van der Waals surface area contributed by atoms with Gasteiger partial charge in [-0.2, -0.15) is 0 Å². The van der Waals surface area contributed by atoms with Crippen LogP contribution in [0, 0.1) is 11.8 Å². The normalized spacial score (nSPS) is 27.8. The molecule has 2 atom stereocenters. The first-order valence-corrected chi connectivity index (χ1v) is 7.81. The van der Waals surface area contributed by atoms with Crippen LogP contribution in [0.4, 0.5) is 0 Å². The zero-order valence-electron chi connectivity index (χ0n) is 11.6. The highest BCUT2D eigenvalue weighted by molar-refractivity contribution is 6.33. The first-order valence-electron chi connectivity index (χ1n) is 7.06. The highest BCUT2D eigenvalue weighted by atomic mass is 35.5. The number of aliphatic hydroxyl groups is 1. The molecule has 1 aliphatic carbocycles. The quantitative estimate of drug-likeness (QED) is 0.822. The predicted molar refractivity (Wildman–Crippen MR) is 81.9 cm³/mol. The topological polar surface area (TPSA) is 20.2 Å². The third kappa shape index (κ3) is 3.87. The van der Waals surface area contributed by atoms with Gasteiger partial charge in [-0.05, 0) is 54.9 Å². The highest BCUT2D eigenvalue weighted by Crippen LogP contribution is 2.39. The van der Waals surface area contributed by atoms with Crippen molar-refractivity contribution in [3.63, 3.8) is 0 Å². The Labute approximate surface area is 125 Å². The summed E-state index contributed by atoms with van der Waals surface area (Å²) in [6.45, 7) is 4.48. The number of hydrogen-bond donors (Lipinski definition) is 1. The first kappa shape index (κ1) is 15.2. The Morgan fingerprint density at radius 1 is 1.37 bits per heavy atom. The molecule has 1 aromatic rings. The van der Waals surface area contributed by atoms with Gasteiger partial charge in [-0.25, -0.2) is 0 Å². The van der Waals surface area contributed by atoms with E-state index in [1.165, 1.54) is 6.42 Å². The molecule has 0 heterocycles. The number of hydrogen-bond acceptors (Lipinski definition) is 1. The molecule has 2 rings (SSSR count). The number of halogens is 2. The average molecular weight is 301 g/mol. The van der Waals surface area contributed by atoms with E-state index in [0.717, 1.165) is 24.8 Å². The molecule has 0 saturated heterocycles. The molecule has 1 aliphatic rings. The number of benzene rings is 1. The minimum atomic E-state index is -0.624. The van der Waals surface area contributed by atoms with Crippen molar-refractivity contribution in [2.45, 2.75) is 51.6 Å². The lowest BCUT2D eigenvalue weighted by Crippen LogP contribution is -2.38. The SMILES string of the molecule is CC(C)C1CCCC(O)(Cc2cc(Cl)ccc2Cl)C1. The van der Waals surface area contributed by atoms with Crippen LogP contribution in [-0.4, -0.2) is 10.7 Å². The molecule has 1 fully saturated rings. The molecule has 0 bridgehead atoms. The standard InChI is InChI=1S/C16H22Cl2O/c1-11(2)12-4-3-7-16(19,9-12)10-13-8-14(17)5-6-15(13)18/h5-6,8,11-12,19H,3-4,7,9-10H2,1-2H3. The summed E-state index contributed by atoms with van der Waals surface area (Å²) in [7, 11) is 0. The average Bonchev–Trinajstić information content (AvgIpc) is 2.33. The van der Waals surface area contributed by atoms with E-state index in [2.05, 4.69) is 13.8 Å². The van der Waals surface area contributed by atoms with Gasteiger partial charge in [0.2, 0.25) is 0 Å². The Morgan fingerprint density at radius 3 is 2.79 bits per heavy atom. The summed E-state index contributed by atoms with van der Waals surface area (Å²) >= 11 is 12.2. The molecule has 0 aromatic heterocycles.